The quantitative estimate of drug-likeness (QED) is 0.363. The molecule has 0 aliphatic rings. The van der Waals surface area contributed by atoms with Crippen molar-refractivity contribution in [2.75, 3.05) is 0 Å². The molecule has 0 saturated carbocycles. The normalized spacial score (nSPS) is 12.6. The van der Waals surface area contributed by atoms with Crippen molar-refractivity contribution >= 4 is 6.29 Å². The Morgan fingerprint density at radius 2 is 1.17 bits per heavy atom. The van der Waals surface area contributed by atoms with Gasteiger partial charge >= 0.3 is 0 Å². The predicted octanol–water partition coefficient (Wildman–Crippen LogP) is 4.64. The van der Waals surface area contributed by atoms with Crippen LogP contribution in [-0.4, -0.2) is 17.5 Å². The molecule has 1 atom stereocenters. The summed E-state index contributed by atoms with van der Waals surface area (Å²) >= 11 is 0. The van der Waals surface area contributed by atoms with Gasteiger partial charge in [-0.3, -0.25) is 0 Å². The summed E-state index contributed by atoms with van der Waals surface area (Å²) in [7, 11) is 0. The minimum atomic E-state index is -0.729. The van der Waals surface area contributed by atoms with Gasteiger partial charge in [0, 0.05) is 0 Å². The van der Waals surface area contributed by atoms with E-state index in [2.05, 4.69) is 6.92 Å². The van der Waals surface area contributed by atoms with Gasteiger partial charge in [-0.1, -0.05) is 84.0 Å². The summed E-state index contributed by atoms with van der Waals surface area (Å²) in [5, 5.41) is 9.05. The van der Waals surface area contributed by atoms with Crippen LogP contribution in [0.1, 0.15) is 90.4 Å². The highest BCUT2D eigenvalue weighted by atomic mass is 16.3. The molecular formula is C16H32O2. The van der Waals surface area contributed by atoms with Gasteiger partial charge in [0.05, 0.1) is 0 Å². The van der Waals surface area contributed by atoms with E-state index in [1.54, 1.807) is 0 Å². The lowest BCUT2D eigenvalue weighted by Crippen LogP contribution is -2.06. The molecule has 0 rings (SSSR count). The van der Waals surface area contributed by atoms with Crippen LogP contribution in [0.15, 0.2) is 0 Å². The van der Waals surface area contributed by atoms with Gasteiger partial charge in [0.1, 0.15) is 12.4 Å². The van der Waals surface area contributed by atoms with Gasteiger partial charge in [-0.05, 0) is 6.42 Å². The predicted molar refractivity (Wildman–Crippen MR) is 77.8 cm³/mol. The zero-order chi connectivity index (χ0) is 13.5. The number of carbonyl (C=O) groups is 1. The molecule has 108 valence electrons. The lowest BCUT2D eigenvalue weighted by Gasteiger charge is -2.03. The van der Waals surface area contributed by atoms with Crippen molar-refractivity contribution in [1.82, 2.24) is 0 Å². The number of aldehydes is 1. The van der Waals surface area contributed by atoms with E-state index < -0.39 is 6.10 Å². The molecule has 0 aromatic carbocycles. The van der Waals surface area contributed by atoms with Crippen molar-refractivity contribution in [1.29, 1.82) is 0 Å². The fourth-order valence-electron chi connectivity index (χ4n) is 2.26. The smallest absolute Gasteiger partial charge is 0.148 e. The van der Waals surface area contributed by atoms with E-state index in [0.29, 0.717) is 12.7 Å². The van der Waals surface area contributed by atoms with Crippen molar-refractivity contribution in [3.05, 3.63) is 0 Å². The third kappa shape index (κ3) is 13.7. The average molecular weight is 256 g/mol. The van der Waals surface area contributed by atoms with E-state index in [0.717, 1.165) is 12.8 Å². The van der Waals surface area contributed by atoms with E-state index in [4.69, 9.17) is 5.11 Å². The molecule has 1 N–H and O–H groups in total. The Labute approximate surface area is 113 Å². The number of carbonyl (C=O) groups excluding carboxylic acids is 1. The Morgan fingerprint density at radius 3 is 1.56 bits per heavy atom. The third-order valence-corrected chi connectivity index (χ3v) is 3.51. The maximum absolute atomic E-state index is 10.2. The van der Waals surface area contributed by atoms with Crippen LogP contribution < -0.4 is 0 Å². The van der Waals surface area contributed by atoms with Gasteiger partial charge < -0.3 is 9.90 Å². The number of unbranched alkanes of at least 4 members (excludes halogenated alkanes) is 11. The van der Waals surface area contributed by atoms with Crippen LogP contribution in [-0.2, 0) is 4.79 Å². The number of rotatable bonds is 14. The molecule has 0 saturated heterocycles. The maximum Gasteiger partial charge on any atom is 0.148 e. The van der Waals surface area contributed by atoms with E-state index in [1.807, 2.05) is 0 Å². The average Bonchev–Trinajstić information content (AvgIpc) is 2.39. The van der Waals surface area contributed by atoms with Gasteiger partial charge in [-0.25, -0.2) is 0 Å². The lowest BCUT2D eigenvalue weighted by molar-refractivity contribution is -0.115. The summed E-state index contributed by atoms with van der Waals surface area (Å²) in [5.41, 5.74) is 0. The largest absolute Gasteiger partial charge is 0.386 e. The van der Waals surface area contributed by atoms with Crippen molar-refractivity contribution < 1.29 is 9.90 Å². The Hall–Kier alpha value is -0.370. The molecule has 0 aromatic rings. The first-order valence-electron chi connectivity index (χ1n) is 7.94. The summed E-state index contributed by atoms with van der Waals surface area (Å²) < 4.78 is 0. The van der Waals surface area contributed by atoms with Crippen LogP contribution in [0.5, 0.6) is 0 Å². The fourth-order valence-corrected chi connectivity index (χ4v) is 2.26. The molecule has 2 heteroatoms. The minimum Gasteiger partial charge on any atom is -0.386 e. The number of aliphatic hydroxyl groups excluding tert-OH is 1. The first-order chi connectivity index (χ1) is 8.81. The monoisotopic (exact) mass is 256 g/mol. The van der Waals surface area contributed by atoms with Crippen molar-refractivity contribution in [2.24, 2.45) is 0 Å². The SMILES string of the molecule is CCCCCCCCCCCCCCC(O)C=O. The highest BCUT2D eigenvalue weighted by Crippen LogP contribution is 2.12. The van der Waals surface area contributed by atoms with Gasteiger partial charge in [-0.2, -0.15) is 0 Å². The van der Waals surface area contributed by atoms with Crippen LogP contribution in [0.2, 0.25) is 0 Å². The second kappa shape index (κ2) is 14.7. The first kappa shape index (κ1) is 17.6. The summed E-state index contributed by atoms with van der Waals surface area (Å²) in [6, 6.07) is 0. The molecule has 0 bridgehead atoms. The van der Waals surface area contributed by atoms with Crippen LogP contribution in [0.4, 0.5) is 0 Å². The molecule has 2 nitrogen and oxygen atoms in total. The Kier molecular flexibility index (Phi) is 14.4. The molecule has 18 heavy (non-hydrogen) atoms. The summed E-state index contributed by atoms with van der Waals surface area (Å²) in [6.45, 7) is 2.26. The van der Waals surface area contributed by atoms with Gasteiger partial charge in [0.2, 0.25) is 0 Å². The Morgan fingerprint density at radius 1 is 0.778 bits per heavy atom. The van der Waals surface area contributed by atoms with E-state index in [1.165, 1.54) is 64.2 Å². The third-order valence-electron chi connectivity index (χ3n) is 3.51. The lowest BCUT2D eigenvalue weighted by atomic mass is 10.0. The molecule has 0 aliphatic heterocycles. The van der Waals surface area contributed by atoms with E-state index in [-0.39, 0.29) is 0 Å². The van der Waals surface area contributed by atoms with Gasteiger partial charge in [0.25, 0.3) is 0 Å². The second-order valence-electron chi connectivity index (χ2n) is 5.38. The molecule has 0 aliphatic carbocycles. The molecule has 0 spiro atoms. The van der Waals surface area contributed by atoms with Crippen molar-refractivity contribution in [3.63, 3.8) is 0 Å². The molecule has 0 heterocycles. The Bertz CT molecular complexity index is 168. The molecule has 0 amide bonds. The zero-order valence-electron chi connectivity index (χ0n) is 12.2. The summed E-state index contributed by atoms with van der Waals surface area (Å²) in [4.78, 5) is 10.2. The molecule has 1 unspecified atom stereocenters. The van der Waals surface area contributed by atoms with Crippen molar-refractivity contribution in [3.8, 4) is 0 Å². The minimum absolute atomic E-state index is 0.637. The topological polar surface area (TPSA) is 37.3 Å². The van der Waals surface area contributed by atoms with Crippen LogP contribution in [0, 0.1) is 0 Å². The highest BCUT2D eigenvalue weighted by molar-refractivity contribution is 5.55. The Balaban J connectivity index is 2.96. The first-order valence-corrected chi connectivity index (χ1v) is 7.94. The fraction of sp³-hybridized carbons (Fsp3) is 0.938. The van der Waals surface area contributed by atoms with Crippen LogP contribution in [0.3, 0.4) is 0 Å². The molecule has 0 aromatic heterocycles. The summed E-state index contributed by atoms with van der Waals surface area (Å²) in [6.07, 6.45) is 16.3. The summed E-state index contributed by atoms with van der Waals surface area (Å²) in [5.74, 6) is 0. The van der Waals surface area contributed by atoms with Crippen LogP contribution >= 0.6 is 0 Å². The molecule has 0 fully saturated rings. The number of hydrogen-bond acceptors (Lipinski definition) is 2. The van der Waals surface area contributed by atoms with Crippen molar-refractivity contribution in [2.45, 2.75) is 96.5 Å². The number of aliphatic hydroxyl groups is 1. The molecule has 0 radical (unpaired) electrons. The highest BCUT2D eigenvalue weighted by Gasteiger charge is 2.00. The van der Waals surface area contributed by atoms with E-state index >= 15 is 0 Å². The van der Waals surface area contributed by atoms with Gasteiger partial charge in [-0.15, -0.1) is 0 Å². The van der Waals surface area contributed by atoms with Gasteiger partial charge in [0.15, 0.2) is 0 Å². The number of hydrogen-bond donors (Lipinski definition) is 1. The van der Waals surface area contributed by atoms with E-state index in [9.17, 15) is 4.79 Å². The molecular weight excluding hydrogens is 224 g/mol. The zero-order valence-corrected chi connectivity index (χ0v) is 12.2. The van der Waals surface area contributed by atoms with Crippen LogP contribution in [0.25, 0.3) is 0 Å². The second-order valence-corrected chi connectivity index (χ2v) is 5.38. The standard InChI is InChI=1S/C16H32O2/c1-2-3-4-5-6-7-8-9-10-11-12-13-14-16(18)15-17/h15-16,18H,2-14H2,1H3. The maximum atomic E-state index is 10.2.